The van der Waals surface area contributed by atoms with Crippen LogP contribution >= 0.6 is 0 Å². The maximum Gasteiger partial charge on any atom is 0.239 e. The van der Waals surface area contributed by atoms with Crippen molar-refractivity contribution < 1.29 is 4.79 Å². The topological polar surface area (TPSA) is 46.3 Å². The van der Waals surface area contributed by atoms with Crippen LogP contribution in [0.2, 0.25) is 0 Å². The summed E-state index contributed by atoms with van der Waals surface area (Å²) >= 11 is 0. The van der Waals surface area contributed by atoms with Gasteiger partial charge in [-0.15, -0.1) is 0 Å². The van der Waals surface area contributed by atoms with Gasteiger partial charge in [0.15, 0.2) is 0 Å². The lowest BCUT2D eigenvalue weighted by atomic mass is 10.1. The minimum atomic E-state index is -0.295. The lowest BCUT2D eigenvalue weighted by Crippen LogP contribution is -2.47. The van der Waals surface area contributed by atoms with Gasteiger partial charge >= 0.3 is 0 Å². The highest BCUT2D eigenvalue weighted by molar-refractivity contribution is 5.81. The van der Waals surface area contributed by atoms with Crippen LogP contribution in [0.5, 0.6) is 0 Å². The molecule has 0 aromatic rings. The minimum Gasteiger partial charge on any atom is -0.339 e. The molecular formula is C12H24N2O. The fourth-order valence-electron chi connectivity index (χ4n) is 1.78. The maximum atomic E-state index is 12.0. The molecule has 3 heteroatoms. The lowest BCUT2D eigenvalue weighted by Gasteiger charge is -2.29. The Kier molecular flexibility index (Phi) is 4.58. The molecule has 1 fully saturated rings. The zero-order valence-electron chi connectivity index (χ0n) is 10.2. The summed E-state index contributed by atoms with van der Waals surface area (Å²) in [6.07, 6.45) is 4.33. The molecule has 1 saturated carbocycles. The van der Waals surface area contributed by atoms with Crippen LogP contribution in [0.15, 0.2) is 0 Å². The highest BCUT2D eigenvalue weighted by atomic mass is 16.2. The second kappa shape index (κ2) is 5.50. The molecule has 3 nitrogen and oxygen atoms in total. The van der Waals surface area contributed by atoms with Gasteiger partial charge in [-0.1, -0.05) is 13.3 Å². The molecule has 88 valence electrons. The van der Waals surface area contributed by atoms with Gasteiger partial charge < -0.3 is 10.6 Å². The summed E-state index contributed by atoms with van der Waals surface area (Å²) in [5.41, 5.74) is 5.87. The number of rotatable bonds is 6. The van der Waals surface area contributed by atoms with Crippen LogP contribution in [0.1, 0.15) is 46.5 Å². The molecule has 0 aliphatic heterocycles. The average molecular weight is 212 g/mol. The van der Waals surface area contributed by atoms with Crippen molar-refractivity contribution in [2.75, 3.05) is 6.54 Å². The van der Waals surface area contributed by atoms with Crippen molar-refractivity contribution in [3.05, 3.63) is 0 Å². The summed E-state index contributed by atoms with van der Waals surface area (Å²) in [5, 5.41) is 0. The lowest BCUT2D eigenvalue weighted by molar-refractivity contribution is -0.134. The third kappa shape index (κ3) is 3.82. The highest BCUT2D eigenvalue weighted by Crippen LogP contribution is 2.30. The first-order valence-electron chi connectivity index (χ1n) is 6.12. The number of hydrogen-bond acceptors (Lipinski definition) is 2. The number of carbonyl (C=O) groups excluding carboxylic acids is 1. The number of hydrogen-bond donors (Lipinski definition) is 1. The van der Waals surface area contributed by atoms with Crippen molar-refractivity contribution in [1.29, 1.82) is 0 Å². The molecule has 1 atom stereocenters. The minimum absolute atomic E-state index is 0.138. The Bertz CT molecular complexity index is 212. The monoisotopic (exact) mass is 212 g/mol. The van der Waals surface area contributed by atoms with Crippen LogP contribution in [0, 0.1) is 5.92 Å². The summed E-state index contributed by atoms with van der Waals surface area (Å²) in [4.78, 5) is 14.0. The van der Waals surface area contributed by atoms with E-state index in [-0.39, 0.29) is 18.0 Å². The molecule has 0 heterocycles. The molecule has 1 aliphatic rings. The van der Waals surface area contributed by atoms with Gasteiger partial charge in [0.1, 0.15) is 0 Å². The molecule has 0 unspecified atom stereocenters. The Balaban J connectivity index is 2.49. The van der Waals surface area contributed by atoms with Crippen LogP contribution in [0.3, 0.4) is 0 Å². The molecular weight excluding hydrogens is 188 g/mol. The normalized spacial score (nSPS) is 17.9. The zero-order valence-corrected chi connectivity index (χ0v) is 10.2. The van der Waals surface area contributed by atoms with Gasteiger partial charge in [-0.3, -0.25) is 4.79 Å². The van der Waals surface area contributed by atoms with Crippen molar-refractivity contribution in [1.82, 2.24) is 4.90 Å². The van der Waals surface area contributed by atoms with Crippen molar-refractivity contribution in [2.45, 2.75) is 58.5 Å². The molecule has 0 aromatic carbocycles. The SMILES string of the molecule is CCC[C@H](N)C(=O)N(CC1CC1)C(C)C. The van der Waals surface area contributed by atoms with Gasteiger partial charge in [0.05, 0.1) is 6.04 Å². The zero-order chi connectivity index (χ0) is 11.4. The predicted molar refractivity (Wildman–Crippen MR) is 62.5 cm³/mol. The van der Waals surface area contributed by atoms with E-state index < -0.39 is 0 Å². The second-order valence-electron chi connectivity index (χ2n) is 4.92. The smallest absolute Gasteiger partial charge is 0.239 e. The molecule has 1 rings (SSSR count). The van der Waals surface area contributed by atoms with E-state index in [1.165, 1.54) is 12.8 Å². The van der Waals surface area contributed by atoms with E-state index in [1.54, 1.807) is 0 Å². The summed E-state index contributed by atoms with van der Waals surface area (Å²) < 4.78 is 0. The second-order valence-corrected chi connectivity index (χ2v) is 4.92. The van der Waals surface area contributed by atoms with Gasteiger partial charge in [-0.25, -0.2) is 0 Å². The summed E-state index contributed by atoms with van der Waals surface area (Å²) in [6.45, 7) is 7.11. The quantitative estimate of drug-likeness (QED) is 0.729. The standard InChI is InChI=1S/C12H24N2O/c1-4-5-11(13)12(15)14(9(2)3)8-10-6-7-10/h9-11H,4-8,13H2,1-3H3/t11-/m0/s1. The molecule has 0 bridgehead atoms. The first kappa shape index (κ1) is 12.5. The van der Waals surface area contributed by atoms with Gasteiger partial charge in [0.2, 0.25) is 5.91 Å². The molecule has 1 amide bonds. The maximum absolute atomic E-state index is 12.0. The van der Waals surface area contributed by atoms with E-state index in [2.05, 4.69) is 20.8 Å². The van der Waals surface area contributed by atoms with Gasteiger partial charge in [-0.2, -0.15) is 0 Å². The van der Waals surface area contributed by atoms with Crippen molar-refractivity contribution >= 4 is 5.91 Å². The van der Waals surface area contributed by atoms with Crippen molar-refractivity contribution in [2.24, 2.45) is 11.7 Å². The molecule has 2 N–H and O–H groups in total. The van der Waals surface area contributed by atoms with Crippen LogP contribution in [-0.2, 0) is 4.79 Å². The Morgan fingerprint density at radius 3 is 2.47 bits per heavy atom. The number of amides is 1. The van der Waals surface area contributed by atoms with E-state index in [1.807, 2.05) is 4.90 Å². The number of nitrogens with zero attached hydrogens (tertiary/aromatic N) is 1. The van der Waals surface area contributed by atoms with E-state index in [4.69, 9.17) is 5.73 Å². The number of nitrogens with two attached hydrogens (primary N) is 1. The third-order valence-corrected chi connectivity index (χ3v) is 2.98. The summed E-state index contributed by atoms with van der Waals surface area (Å²) in [5.74, 6) is 0.879. The fourth-order valence-corrected chi connectivity index (χ4v) is 1.78. The Morgan fingerprint density at radius 1 is 1.47 bits per heavy atom. The first-order chi connectivity index (χ1) is 7.06. The van der Waals surface area contributed by atoms with E-state index in [9.17, 15) is 4.79 Å². The Morgan fingerprint density at radius 2 is 2.07 bits per heavy atom. The summed E-state index contributed by atoms with van der Waals surface area (Å²) in [7, 11) is 0. The van der Waals surface area contributed by atoms with Crippen LogP contribution < -0.4 is 5.73 Å². The third-order valence-electron chi connectivity index (χ3n) is 2.98. The largest absolute Gasteiger partial charge is 0.339 e. The van der Waals surface area contributed by atoms with Crippen molar-refractivity contribution in [3.63, 3.8) is 0 Å². The van der Waals surface area contributed by atoms with Gasteiger partial charge in [0, 0.05) is 12.6 Å². The van der Waals surface area contributed by atoms with E-state index >= 15 is 0 Å². The average Bonchev–Trinajstić information content (AvgIpc) is 2.96. The fraction of sp³-hybridized carbons (Fsp3) is 0.917. The van der Waals surface area contributed by atoms with Crippen LogP contribution in [0.4, 0.5) is 0 Å². The molecule has 0 saturated heterocycles. The van der Waals surface area contributed by atoms with E-state index in [0.29, 0.717) is 0 Å². The first-order valence-corrected chi connectivity index (χ1v) is 6.12. The molecule has 15 heavy (non-hydrogen) atoms. The number of carbonyl (C=O) groups is 1. The van der Waals surface area contributed by atoms with Crippen molar-refractivity contribution in [3.8, 4) is 0 Å². The Hall–Kier alpha value is -0.570. The van der Waals surface area contributed by atoms with Crippen LogP contribution in [-0.4, -0.2) is 29.4 Å². The summed E-state index contributed by atoms with van der Waals surface area (Å²) in [6, 6.07) is -0.0165. The molecule has 1 aliphatic carbocycles. The van der Waals surface area contributed by atoms with Gasteiger partial charge in [-0.05, 0) is 39.0 Å². The van der Waals surface area contributed by atoms with Crippen LogP contribution in [0.25, 0.3) is 0 Å². The van der Waals surface area contributed by atoms with E-state index in [0.717, 1.165) is 25.3 Å². The Labute approximate surface area is 93.0 Å². The molecule has 0 aromatic heterocycles. The predicted octanol–water partition coefficient (Wildman–Crippen LogP) is 1.76. The van der Waals surface area contributed by atoms with Gasteiger partial charge in [0.25, 0.3) is 0 Å². The highest BCUT2D eigenvalue weighted by Gasteiger charge is 2.29. The molecule has 0 spiro atoms. The molecule has 0 radical (unpaired) electrons.